The second kappa shape index (κ2) is 9.79. The number of rotatable bonds is 6. The van der Waals surface area contributed by atoms with Gasteiger partial charge in [0.1, 0.15) is 5.75 Å². The Morgan fingerprint density at radius 2 is 1.66 bits per heavy atom. The zero-order chi connectivity index (χ0) is 20.8. The van der Waals surface area contributed by atoms with Crippen LogP contribution in [0.1, 0.15) is 42.1 Å². The average Bonchev–Trinajstić information content (AvgIpc) is 2.72. The van der Waals surface area contributed by atoms with E-state index in [-0.39, 0.29) is 12.5 Å². The Balaban J connectivity index is 1.70. The number of aryl methyl sites for hydroxylation is 2. The van der Waals surface area contributed by atoms with Crippen LogP contribution >= 0.6 is 11.6 Å². The molecule has 0 spiro atoms. The van der Waals surface area contributed by atoms with Crippen LogP contribution in [0, 0.1) is 13.8 Å². The van der Waals surface area contributed by atoms with Gasteiger partial charge in [-0.2, -0.15) is 0 Å². The second-order valence-corrected chi connectivity index (χ2v) is 7.76. The van der Waals surface area contributed by atoms with Crippen LogP contribution in [0.25, 0.3) is 0 Å². The summed E-state index contributed by atoms with van der Waals surface area (Å²) in [5.74, 6) is -0.161. The lowest BCUT2D eigenvalue weighted by atomic mass is 10.1. The minimum Gasteiger partial charge on any atom is -0.481 e. The van der Waals surface area contributed by atoms with E-state index < -0.39 is 12.1 Å². The van der Waals surface area contributed by atoms with Crippen LogP contribution in [0.3, 0.4) is 0 Å². The highest BCUT2D eigenvalue weighted by Crippen LogP contribution is 2.27. The third-order valence-electron chi connectivity index (χ3n) is 5.00. The molecule has 1 aliphatic heterocycles. The van der Waals surface area contributed by atoms with Crippen LogP contribution in [0.5, 0.6) is 5.75 Å². The fraction of sp³-hybridized carbons (Fsp3) is 0.391. The van der Waals surface area contributed by atoms with Gasteiger partial charge in [0.15, 0.2) is 6.61 Å². The number of carbonyl (C=O) groups excluding carboxylic acids is 2. The van der Waals surface area contributed by atoms with Crippen molar-refractivity contribution in [1.82, 2.24) is 4.90 Å². The summed E-state index contributed by atoms with van der Waals surface area (Å²) in [6.45, 7) is 4.84. The quantitative estimate of drug-likeness (QED) is 0.645. The summed E-state index contributed by atoms with van der Waals surface area (Å²) in [4.78, 5) is 27.4. The SMILES string of the molecule is Cc1cc(Cl)cc(C)c1OCC(=O)O[C@@H](C(=O)N1CCCCC1)c1ccccc1. The second-order valence-electron chi connectivity index (χ2n) is 7.32. The summed E-state index contributed by atoms with van der Waals surface area (Å²) in [6, 6.07) is 12.7. The van der Waals surface area contributed by atoms with E-state index in [1.807, 2.05) is 32.0 Å². The van der Waals surface area contributed by atoms with Gasteiger partial charge in [0, 0.05) is 23.7 Å². The van der Waals surface area contributed by atoms with E-state index in [4.69, 9.17) is 21.1 Å². The molecule has 1 aliphatic rings. The number of esters is 1. The Bertz CT molecular complexity index is 839. The number of halogens is 1. The molecular formula is C23H26ClNO4. The van der Waals surface area contributed by atoms with Gasteiger partial charge in [-0.3, -0.25) is 4.79 Å². The molecule has 2 aromatic carbocycles. The fourth-order valence-corrected chi connectivity index (χ4v) is 3.92. The Hall–Kier alpha value is -2.53. The van der Waals surface area contributed by atoms with Crippen LogP contribution in [-0.2, 0) is 14.3 Å². The average molecular weight is 416 g/mol. The molecule has 1 heterocycles. The van der Waals surface area contributed by atoms with Crippen molar-refractivity contribution < 1.29 is 19.1 Å². The molecule has 0 bridgehead atoms. The molecule has 1 saturated heterocycles. The lowest BCUT2D eigenvalue weighted by Crippen LogP contribution is -2.40. The summed E-state index contributed by atoms with van der Waals surface area (Å²) < 4.78 is 11.3. The summed E-state index contributed by atoms with van der Waals surface area (Å²) in [5, 5.41) is 0.617. The highest BCUT2D eigenvalue weighted by atomic mass is 35.5. The Morgan fingerprint density at radius 1 is 1.03 bits per heavy atom. The van der Waals surface area contributed by atoms with Crippen molar-refractivity contribution in [2.75, 3.05) is 19.7 Å². The molecule has 5 nitrogen and oxygen atoms in total. The van der Waals surface area contributed by atoms with Crippen molar-refractivity contribution in [3.05, 3.63) is 64.2 Å². The van der Waals surface area contributed by atoms with Crippen molar-refractivity contribution in [2.45, 2.75) is 39.2 Å². The number of piperidine rings is 1. The zero-order valence-electron chi connectivity index (χ0n) is 16.8. The molecule has 0 N–H and O–H groups in total. The molecule has 1 fully saturated rings. The first-order valence-electron chi connectivity index (χ1n) is 9.88. The molecule has 0 unspecified atom stereocenters. The van der Waals surface area contributed by atoms with E-state index in [0.717, 1.165) is 30.4 Å². The highest BCUT2D eigenvalue weighted by molar-refractivity contribution is 6.30. The molecule has 0 aromatic heterocycles. The third kappa shape index (κ3) is 5.51. The number of nitrogens with zero attached hydrogens (tertiary/aromatic N) is 1. The predicted molar refractivity (Wildman–Crippen MR) is 112 cm³/mol. The number of ether oxygens (including phenoxy) is 2. The lowest BCUT2D eigenvalue weighted by molar-refractivity contribution is -0.163. The van der Waals surface area contributed by atoms with Crippen LogP contribution in [-0.4, -0.2) is 36.5 Å². The molecule has 2 aromatic rings. The maximum absolute atomic E-state index is 13.0. The van der Waals surface area contributed by atoms with Crippen molar-refractivity contribution >= 4 is 23.5 Å². The maximum atomic E-state index is 13.0. The molecule has 0 radical (unpaired) electrons. The van der Waals surface area contributed by atoms with Gasteiger partial charge in [0.2, 0.25) is 6.10 Å². The fourth-order valence-electron chi connectivity index (χ4n) is 3.59. The van der Waals surface area contributed by atoms with Crippen molar-refractivity contribution in [3.8, 4) is 5.75 Å². The number of amides is 1. The van der Waals surface area contributed by atoms with Crippen molar-refractivity contribution in [2.24, 2.45) is 0 Å². The minimum absolute atomic E-state index is 0.178. The standard InChI is InChI=1S/C23H26ClNO4/c1-16-13-19(24)14-17(2)21(16)28-15-20(26)29-22(18-9-5-3-6-10-18)23(27)25-11-7-4-8-12-25/h3,5-6,9-10,13-14,22H,4,7-8,11-12,15H2,1-2H3/t22-/m1/s1. The van der Waals surface area contributed by atoms with E-state index in [0.29, 0.717) is 29.4 Å². The molecule has 6 heteroatoms. The Labute approximate surface area is 176 Å². The summed E-state index contributed by atoms with van der Waals surface area (Å²) in [5.41, 5.74) is 2.34. The van der Waals surface area contributed by atoms with Crippen LogP contribution < -0.4 is 4.74 Å². The maximum Gasteiger partial charge on any atom is 0.345 e. The highest BCUT2D eigenvalue weighted by Gasteiger charge is 2.30. The van der Waals surface area contributed by atoms with Crippen LogP contribution in [0.4, 0.5) is 0 Å². The van der Waals surface area contributed by atoms with E-state index >= 15 is 0 Å². The molecular weight excluding hydrogens is 390 g/mol. The number of likely N-dealkylation sites (tertiary alicyclic amines) is 1. The van der Waals surface area contributed by atoms with Gasteiger partial charge < -0.3 is 14.4 Å². The van der Waals surface area contributed by atoms with Gasteiger partial charge in [0.05, 0.1) is 0 Å². The van der Waals surface area contributed by atoms with Crippen LogP contribution in [0.2, 0.25) is 5.02 Å². The molecule has 29 heavy (non-hydrogen) atoms. The number of hydrogen-bond acceptors (Lipinski definition) is 4. The van der Waals surface area contributed by atoms with Gasteiger partial charge in [-0.15, -0.1) is 0 Å². The predicted octanol–water partition coefficient (Wildman–Crippen LogP) is 4.63. The zero-order valence-corrected chi connectivity index (χ0v) is 17.6. The number of carbonyl (C=O) groups is 2. The summed E-state index contributed by atoms with van der Waals surface area (Å²) in [6.07, 6.45) is 2.10. The van der Waals surface area contributed by atoms with Gasteiger partial charge in [-0.1, -0.05) is 41.9 Å². The number of benzene rings is 2. The van der Waals surface area contributed by atoms with E-state index in [2.05, 4.69) is 0 Å². The Kier molecular flexibility index (Phi) is 7.15. The van der Waals surface area contributed by atoms with Gasteiger partial charge >= 0.3 is 5.97 Å². The van der Waals surface area contributed by atoms with Gasteiger partial charge in [-0.05, 0) is 56.4 Å². The van der Waals surface area contributed by atoms with Gasteiger partial charge in [0.25, 0.3) is 5.91 Å². The van der Waals surface area contributed by atoms with E-state index in [1.165, 1.54) is 0 Å². The first kappa shape index (κ1) is 21.2. The molecule has 3 rings (SSSR count). The van der Waals surface area contributed by atoms with Crippen LogP contribution in [0.15, 0.2) is 42.5 Å². The van der Waals surface area contributed by atoms with Crippen molar-refractivity contribution in [3.63, 3.8) is 0 Å². The van der Waals surface area contributed by atoms with E-state index in [9.17, 15) is 9.59 Å². The largest absolute Gasteiger partial charge is 0.481 e. The smallest absolute Gasteiger partial charge is 0.345 e. The van der Waals surface area contributed by atoms with Gasteiger partial charge in [-0.25, -0.2) is 4.79 Å². The normalized spacial score (nSPS) is 14.9. The molecule has 1 amide bonds. The lowest BCUT2D eigenvalue weighted by Gasteiger charge is -2.30. The third-order valence-corrected chi connectivity index (χ3v) is 5.22. The first-order valence-corrected chi connectivity index (χ1v) is 10.3. The Morgan fingerprint density at radius 3 is 2.28 bits per heavy atom. The molecule has 154 valence electrons. The minimum atomic E-state index is -0.960. The summed E-state index contributed by atoms with van der Waals surface area (Å²) in [7, 11) is 0. The summed E-state index contributed by atoms with van der Waals surface area (Å²) >= 11 is 6.04. The van der Waals surface area contributed by atoms with Crippen molar-refractivity contribution in [1.29, 1.82) is 0 Å². The first-order chi connectivity index (χ1) is 14.0. The van der Waals surface area contributed by atoms with E-state index in [1.54, 1.807) is 29.2 Å². The number of hydrogen-bond donors (Lipinski definition) is 0. The monoisotopic (exact) mass is 415 g/mol. The molecule has 0 saturated carbocycles. The molecule has 1 atom stereocenters. The topological polar surface area (TPSA) is 55.8 Å². The molecule has 0 aliphatic carbocycles.